The van der Waals surface area contributed by atoms with Crippen LogP contribution in [0.5, 0.6) is 0 Å². The van der Waals surface area contributed by atoms with Gasteiger partial charge in [-0.05, 0) is 43.2 Å². The molecule has 0 bridgehead atoms. The molecule has 106 valence electrons. The highest BCUT2D eigenvalue weighted by Crippen LogP contribution is 2.28. The highest BCUT2D eigenvalue weighted by molar-refractivity contribution is 7.92. The van der Waals surface area contributed by atoms with Gasteiger partial charge in [-0.2, -0.15) is 0 Å². The summed E-state index contributed by atoms with van der Waals surface area (Å²) in [6.45, 7) is 3.68. The number of anilines is 2. The van der Waals surface area contributed by atoms with Crippen LogP contribution < -0.4 is 10.5 Å². The first kappa shape index (κ1) is 14.7. The molecule has 3 N–H and O–H groups in total. The molecule has 0 aliphatic heterocycles. The van der Waals surface area contributed by atoms with Crippen molar-refractivity contribution in [1.29, 1.82) is 0 Å². The summed E-state index contributed by atoms with van der Waals surface area (Å²) < 4.78 is 27.4. The Labute approximate surface area is 123 Å². The predicted octanol–water partition coefficient (Wildman–Crippen LogP) is 3.34. The highest BCUT2D eigenvalue weighted by atomic mass is 35.5. The normalized spacial score (nSPS) is 11.3. The smallest absolute Gasteiger partial charge is 0.263 e. The molecule has 0 heterocycles. The third-order valence-electron chi connectivity index (χ3n) is 2.96. The Morgan fingerprint density at radius 3 is 2.30 bits per heavy atom. The third-order valence-corrected chi connectivity index (χ3v) is 4.79. The fourth-order valence-corrected chi connectivity index (χ4v) is 3.63. The second-order valence-electron chi connectivity index (χ2n) is 4.56. The third kappa shape index (κ3) is 2.89. The molecular weight excluding hydrogens is 296 g/mol. The van der Waals surface area contributed by atoms with E-state index in [1.807, 2.05) is 32.0 Å². The molecule has 0 saturated carbocycles. The molecule has 20 heavy (non-hydrogen) atoms. The molecule has 2 aromatic rings. The minimum absolute atomic E-state index is 0.0261. The lowest BCUT2D eigenvalue weighted by atomic mass is 10.1. The van der Waals surface area contributed by atoms with E-state index in [1.165, 1.54) is 12.1 Å². The summed E-state index contributed by atoms with van der Waals surface area (Å²) >= 11 is 5.95. The van der Waals surface area contributed by atoms with Gasteiger partial charge in [-0.15, -0.1) is 0 Å². The van der Waals surface area contributed by atoms with E-state index in [0.29, 0.717) is 11.4 Å². The number of nitrogens with two attached hydrogens (primary N) is 1. The van der Waals surface area contributed by atoms with Gasteiger partial charge in [0.15, 0.2) is 0 Å². The maximum atomic E-state index is 12.4. The Kier molecular flexibility index (Phi) is 3.92. The fraction of sp³-hybridized carbons (Fsp3) is 0.143. The van der Waals surface area contributed by atoms with Crippen LogP contribution in [0.1, 0.15) is 11.1 Å². The van der Waals surface area contributed by atoms with Crippen molar-refractivity contribution in [2.45, 2.75) is 18.7 Å². The lowest BCUT2D eigenvalue weighted by molar-refractivity contribution is 0.601. The van der Waals surface area contributed by atoms with Crippen molar-refractivity contribution in [3.8, 4) is 0 Å². The van der Waals surface area contributed by atoms with Crippen molar-refractivity contribution in [2.24, 2.45) is 0 Å². The average Bonchev–Trinajstić information content (AvgIpc) is 2.37. The van der Waals surface area contributed by atoms with Gasteiger partial charge in [0.1, 0.15) is 4.90 Å². The first-order chi connectivity index (χ1) is 9.31. The quantitative estimate of drug-likeness (QED) is 0.854. The molecule has 2 rings (SSSR count). The van der Waals surface area contributed by atoms with Crippen molar-refractivity contribution in [1.82, 2.24) is 0 Å². The number of rotatable bonds is 3. The molecular formula is C14H15ClN2O2S. The molecule has 0 fully saturated rings. The number of hydrogen-bond acceptors (Lipinski definition) is 3. The molecule has 0 saturated heterocycles. The molecule has 0 spiro atoms. The van der Waals surface area contributed by atoms with Crippen LogP contribution in [0.25, 0.3) is 0 Å². The summed E-state index contributed by atoms with van der Waals surface area (Å²) in [5.41, 5.74) is 8.21. The van der Waals surface area contributed by atoms with E-state index in [4.69, 9.17) is 17.3 Å². The Balaban J connectivity index is 2.49. The van der Waals surface area contributed by atoms with Crippen LogP contribution >= 0.6 is 11.6 Å². The zero-order chi connectivity index (χ0) is 14.9. The summed E-state index contributed by atoms with van der Waals surface area (Å²) in [5, 5.41) is 0.137. The van der Waals surface area contributed by atoms with Crippen LogP contribution in [0.2, 0.25) is 5.02 Å². The Morgan fingerprint density at radius 2 is 1.70 bits per heavy atom. The van der Waals surface area contributed by atoms with Crippen molar-refractivity contribution in [2.75, 3.05) is 10.5 Å². The van der Waals surface area contributed by atoms with Gasteiger partial charge in [0.25, 0.3) is 10.0 Å². The van der Waals surface area contributed by atoms with E-state index in [1.54, 1.807) is 6.07 Å². The van der Waals surface area contributed by atoms with Gasteiger partial charge in [-0.1, -0.05) is 29.8 Å². The Morgan fingerprint density at radius 1 is 1.10 bits per heavy atom. The minimum atomic E-state index is -3.77. The van der Waals surface area contributed by atoms with Crippen LogP contribution in [0.4, 0.5) is 11.4 Å². The number of nitrogens with one attached hydrogen (secondary N) is 1. The summed E-state index contributed by atoms with van der Waals surface area (Å²) in [6.07, 6.45) is 0. The largest absolute Gasteiger partial charge is 0.399 e. The molecule has 0 amide bonds. The lowest BCUT2D eigenvalue weighted by Crippen LogP contribution is -2.15. The van der Waals surface area contributed by atoms with Gasteiger partial charge < -0.3 is 5.73 Å². The second kappa shape index (κ2) is 5.34. The van der Waals surface area contributed by atoms with Gasteiger partial charge in [-0.3, -0.25) is 4.72 Å². The summed E-state index contributed by atoms with van der Waals surface area (Å²) in [4.78, 5) is -0.0261. The number of para-hydroxylation sites is 1. The molecule has 0 radical (unpaired) electrons. The van der Waals surface area contributed by atoms with E-state index in [0.717, 1.165) is 11.1 Å². The lowest BCUT2D eigenvalue weighted by Gasteiger charge is -2.14. The van der Waals surface area contributed by atoms with Crippen molar-refractivity contribution < 1.29 is 8.42 Å². The average molecular weight is 311 g/mol. The monoisotopic (exact) mass is 310 g/mol. The van der Waals surface area contributed by atoms with Gasteiger partial charge in [0, 0.05) is 5.69 Å². The maximum absolute atomic E-state index is 12.4. The molecule has 6 heteroatoms. The van der Waals surface area contributed by atoms with Crippen molar-refractivity contribution in [3.05, 3.63) is 52.5 Å². The Bertz CT molecular complexity index is 738. The maximum Gasteiger partial charge on any atom is 0.263 e. The summed E-state index contributed by atoms with van der Waals surface area (Å²) in [7, 11) is -3.77. The zero-order valence-electron chi connectivity index (χ0n) is 11.1. The van der Waals surface area contributed by atoms with Crippen LogP contribution in [0.15, 0.2) is 41.3 Å². The van der Waals surface area contributed by atoms with E-state index < -0.39 is 10.0 Å². The first-order valence-electron chi connectivity index (χ1n) is 5.95. The number of nitrogen functional groups attached to an aromatic ring is 1. The molecule has 0 aliphatic carbocycles. The van der Waals surface area contributed by atoms with Gasteiger partial charge in [0.2, 0.25) is 0 Å². The van der Waals surface area contributed by atoms with Crippen LogP contribution in [-0.4, -0.2) is 8.42 Å². The van der Waals surface area contributed by atoms with E-state index in [-0.39, 0.29) is 9.92 Å². The number of benzene rings is 2. The minimum Gasteiger partial charge on any atom is -0.399 e. The van der Waals surface area contributed by atoms with E-state index in [2.05, 4.69) is 4.72 Å². The topological polar surface area (TPSA) is 72.2 Å². The number of aryl methyl sites for hydroxylation is 2. The summed E-state index contributed by atoms with van der Waals surface area (Å²) in [5.74, 6) is 0. The fourth-order valence-electron chi connectivity index (χ4n) is 1.89. The molecule has 0 atom stereocenters. The number of sulfonamides is 1. The SMILES string of the molecule is Cc1cccc(C)c1NS(=O)(=O)c1cc(N)ccc1Cl. The van der Waals surface area contributed by atoms with Crippen LogP contribution in [0.3, 0.4) is 0 Å². The van der Waals surface area contributed by atoms with E-state index in [9.17, 15) is 8.42 Å². The Hall–Kier alpha value is -1.72. The zero-order valence-corrected chi connectivity index (χ0v) is 12.7. The van der Waals surface area contributed by atoms with Crippen LogP contribution in [0, 0.1) is 13.8 Å². The number of halogens is 1. The van der Waals surface area contributed by atoms with Crippen molar-refractivity contribution in [3.63, 3.8) is 0 Å². The van der Waals surface area contributed by atoms with Crippen LogP contribution in [-0.2, 0) is 10.0 Å². The van der Waals surface area contributed by atoms with E-state index >= 15 is 0 Å². The molecule has 0 aromatic heterocycles. The van der Waals surface area contributed by atoms with Crippen molar-refractivity contribution >= 4 is 33.0 Å². The predicted molar refractivity (Wildman–Crippen MR) is 82.6 cm³/mol. The molecule has 4 nitrogen and oxygen atoms in total. The van der Waals surface area contributed by atoms with Gasteiger partial charge in [-0.25, -0.2) is 8.42 Å². The van der Waals surface area contributed by atoms with Gasteiger partial charge >= 0.3 is 0 Å². The highest BCUT2D eigenvalue weighted by Gasteiger charge is 2.20. The second-order valence-corrected chi connectivity index (χ2v) is 6.62. The molecule has 0 aliphatic rings. The number of hydrogen-bond donors (Lipinski definition) is 2. The molecule has 0 unspecified atom stereocenters. The standard InChI is InChI=1S/C14H15ClN2O2S/c1-9-4-3-5-10(2)14(9)17-20(18,19)13-8-11(16)6-7-12(13)15/h3-8,17H,16H2,1-2H3. The molecule has 2 aromatic carbocycles. The first-order valence-corrected chi connectivity index (χ1v) is 7.81. The van der Waals surface area contributed by atoms with Gasteiger partial charge in [0.05, 0.1) is 10.7 Å². The summed E-state index contributed by atoms with van der Waals surface area (Å²) in [6, 6.07) is 9.92.